The van der Waals surface area contributed by atoms with E-state index in [4.69, 9.17) is 9.47 Å². The number of aromatic hydroxyl groups is 1. The topological polar surface area (TPSA) is 55.8 Å². The summed E-state index contributed by atoms with van der Waals surface area (Å²) in [4.78, 5) is 13.2. The summed E-state index contributed by atoms with van der Waals surface area (Å²) >= 11 is 1.91. The van der Waals surface area contributed by atoms with E-state index in [1.54, 1.807) is 0 Å². The van der Waals surface area contributed by atoms with Gasteiger partial charge in [0, 0.05) is 24.3 Å². The number of unbranched alkanes of at least 4 members (excludes halogenated alkanes) is 24. The van der Waals surface area contributed by atoms with E-state index in [0.717, 1.165) is 54.1 Å². The SMILES string of the molecule is CCCCCCCCCCCCCCCCOCC(CSCCCCCCCCCCCC)OC(=O)CCc1cc(C)c(O)c(C(C)(C)CCCCC)c1. The normalized spacial score (nSPS) is 12.4. The van der Waals surface area contributed by atoms with Crippen molar-refractivity contribution >= 4 is 17.7 Å². The van der Waals surface area contributed by atoms with Crippen LogP contribution in [0.5, 0.6) is 5.75 Å². The lowest BCUT2D eigenvalue weighted by Gasteiger charge is -2.27. The highest BCUT2D eigenvalue weighted by Gasteiger charge is 2.25. The molecule has 1 atom stereocenters. The van der Waals surface area contributed by atoms with Crippen molar-refractivity contribution in [2.75, 3.05) is 24.7 Å². The lowest BCUT2D eigenvalue weighted by Crippen LogP contribution is -2.26. The van der Waals surface area contributed by atoms with Crippen LogP contribution in [0, 0.1) is 6.92 Å². The van der Waals surface area contributed by atoms with Crippen LogP contribution in [-0.4, -0.2) is 41.9 Å². The first-order chi connectivity index (χ1) is 26.2. The second kappa shape index (κ2) is 35.0. The van der Waals surface area contributed by atoms with E-state index in [0.29, 0.717) is 25.2 Å². The van der Waals surface area contributed by atoms with Crippen molar-refractivity contribution in [1.29, 1.82) is 0 Å². The molecule has 0 aromatic heterocycles. The van der Waals surface area contributed by atoms with Crippen molar-refractivity contribution in [3.8, 4) is 5.75 Å². The van der Waals surface area contributed by atoms with Crippen molar-refractivity contribution in [3.63, 3.8) is 0 Å². The lowest BCUT2D eigenvalue weighted by atomic mass is 9.78. The number of esters is 1. The van der Waals surface area contributed by atoms with Crippen LogP contribution in [0.25, 0.3) is 0 Å². The highest BCUT2D eigenvalue weighted by Crippen LogP contribution is 2.38. The van der Waals surface area contributed by atoms with Gasteiger partial charge in [0.1, 0.15) is 11.9 Å². The average molecular weight is 775 g/mol. The Hall–Kier alpha value is -1.20. The third-order valence-electron chi connectivity index (χ3n) is 11.3. The Morgan fingerprint density at radius 2 is 1.13 bits per heavy atom. The first-order valence-electron chi connectivity index (χ1n) is 23.4. The van der Waals surface area contributed by atoms with Gasteiger partial charge in [-0.05, 0) is 54.9 Å². The number of hydrogen-bond donors (Lipinski definition) is 1. The molecule has 5 heteroatoms. The number of benzene rings is 1. The lowest BCUT2D eigenvalue weighted by molar-refractivity contribution is -0.150. The highest BCUT2D eigenvalue weighted by atomic mass is 32.2. The first kappa shape index (κ1) is 50.8. The van der Waals surface area contributed by atoms with Gasteiger partial charge in [0.25, 0.3) is 0 Å². The summed E-state index contributed by atoms with van der Waals surface area (Å²) in [5.74, 6) is 2.18. The van der Waals surface area contributed by atoms with Crippen LogP contribution in [-0.2, 0) is 26.1 Å². The summed E-state index contributed by atoms with van der Waals surface area (Å²) in [5.41, 5.74) is 2.88. The zero-order valence-electron chi connectivity index (χ0n) is 36.9. The van der Waals surface area contributed by atoms with E-state index in [-0.39, 0.29) is 17.5 Å². The molecule has 0 aliphatic rings. The quantitative estimate of drug-likeness (QED) is 0.0533. The Balaban J connectivity index is 2.47. The minimum Gasteiger partial charge on any atom is -0.507 e. The van der Waals surface area contributed by atoms with Gasteiger partial charge in [-0.25, -0.2) is 0 Å². The summed E-state index contributed by atoms with van der Waals surface area (Å²) in [6.45, 7) is 14.5. The van der Waals surface area contributed by atoms with Crippen LogP contribution < -0.4 is 0 Å². The number of rotatable bonds is 39. The van der Waals surface area contributed by atoms with E-state index in [9.17, 15) is 9.90 Å². The molecule has 1 rings (SSSR count). The molecule has 0 aliphatic heterocycles. The van der Waals surface area contributed by atoms with Crippen molar-refractivity contribution in [3.05, 3.63) is 28.8 Å². The number of aryl methyl sites for hydroxylation is 2. The van der Waals surface area contributed by atoms with Gasteiger partial charge in [-0.2, -0.15) is 11.8 Å². The number of phenols is 1. The molecule has 1 unspecified atom stereocenters. The molecule has 4 nitrogen and oxygen atoms in total. The predicted molar refractivity (Wildman–Crippen MR) is 239 cm³/mol. The van der Waals surface area contributed by atoms with Gasteiger partial charge in [-0.15, -0.1) is 0 Å². The number of thioether (sulfide) groups is 1. The minimum absolute atomic E-state index is 0.110. The summed E-state index contributed by atoms with van der Waals surface area (Å²) in [7, 11) is 0. The Kier molecular flexibility index (Phi) is 32.9. The molecule has 0 bridgehead atoms. The largest absolute Gasteiger partial charge is 0.507 e. The second-order valence-electron chi connectivity index (χ2n) is 17.2. The zero-order valence-corrected chi connectivity index (χ0v) is 37.7. The summed E-state index contributed by atoms with van der Waals surface area (Å²) in [6, 6.07) is 4.16. The van der Waals surface area contributed by atoms with Crippen LogP contribution in [0.15, 0.2) is 12.1 Å². The monoisotopic (exact) mass is 775 g/mol. The molecule has 0 radical (unpaired) electrons. The molecule has 316 valence electrons. The van der Waals surface area contributed by atoms with Gasteiger partial charge in [0.15, 0.2) is 0 Å². The van der Waals surface area contributed by atoms with Crippen LogP contribution >= 0.6 is 11.8 Å². The Bertz CT molecular complexity index is 1010. The molecule has 0 saturated carbocycles. The maximum atomic E-state index is 13.2. The van der Waals surface area contributed by atoms with Crippen LogP contribution in [0.4, 0.5) is 0 Å². The number of ether oxygens (including phenoxy) is 2. The van der Waals surface area contributed by atoms with Gasteiger partial charge >= 0.3 is 5.97 Å². The summed E-state index contributed by atoms with van der Waals surface area (Å²) in [5, 5.41) is 11.0. The van der Waals surface area contributed by atoms with Crippen molar-refractivity contribution in [2.24, 2.45) is 0 Å². The van der Waals surface area contributed by atoms with Gasteiger partial charge < -0.3 is 14.6 Å². The van der Waals surface area contributed by atoms with Crippen molar-refractivity contribution < 1.29 is 19.4 Å². The molecular weight excluding hydrogens is 685 g/mol. The van der Waals surface area contributed by atoms with E-state index < -0.39 is 0 Å². The van der Waals surface area contributed by atoms with Gasteiger partial charge in [0.2, 0.25) is 0 Å². The standard InChI is InChI=1S/C49H90O4S/c1-7-10-13-15-17-19-21-22-23-24-25-27-29-32-37-52-41-45(42-54-38-33-30-28-26-20-18-16-14-11-8-2)53-47(50)35-34-44-39-43(4)48(51)46(40-44)49(5,6)36-31-12-9-3/h39-40,45,51H,7-38,41-42H2,1-6H3. The molecule has 0 heterocycles. The maximum absolute atomic E-state index is 13.2. The van der Waals surface area contributed by atoms with E-state index in [1.807, 2.05) is 24.8 Å². The Morgan fingerprint density at radius 1 is 0.667 bits per heavy atom. The van der Waals surface area contributed by atoms with Crippen molar-refractivity contribution in [1.82, 2.24) is 0 Å². The number of phenolic OH excluding ortho intramolecular Hbond substituents is 1. The highest BCUT2D eigenvalue weighted by molar-refractivity contribution is 7.99. The summed E-state index contributed by atoms with van der Waals surface area (Å²) < 4.78 is 12.2. The minimum atomic E-state index is -0.202. The molecule has 54 heavy (non-hydrogen) atoms. The second-order valence-corrected chi connectivity index (χ2v) is 18.3. The van der Waals surface area contributed by atoms with Gasteiger partial charge in [-0.3, -0.25) is 4.79 Å². The average Bonchev–Trinajstić information content (AvgIpc) is 3.15. The van der Waals surface area contributed by atoms with Gasteiger partial charge in [-0.1, -0.05) is 207 Å². The van der Waals surface area contributed by atoms with Gasteiger partial charge in [0.05, 0.1) is 6.61 Å². The fourth-order valence-electron chi connectivity index (χ4n) is 7.59. The maximum Gasteiger partial charge on any atom is 0.306 e. The van der Waals surface area contributed by atoms with Crippen LogP contribution in [0.3, 0.4) is 0 Å². The fourth-order valence-corrected chi connectivity index (χ4v) is 8.60. The fraction of sp³-hybridized carbons (Fsp3) is 0.857. The molecular formula is C49H90O4S. The Labute approximate surface area is 340 Å². The van der Waals surface area contributed by atoms with Crippen LogP contribution in [0.1, 0.15) is 238 Å². The third kappa shape index (κ3) is 27.4. The molecule has 0 aliphatic carbocycles. The van der Waals surface area contributed by atoms with E-state index >= 15 is 0 Å². The molecule has 0 fully saturated rings. The Morgan fingerprint density at radius 3 is 1.65 bits per heavy atom. The molecule has 0 saturated heterocycles. The third-order valence-corrected chi connectivity index (χ3v) is 12.5. The van der Waals surface area contributed by atoms with E-state index in [1.165, 1.54) is 161 Å². The molecule has 1 N–H and O–H groups in total. The molecule has 1 aromatic carbocycles. The smallest absolute Gasteiger partial charge is 0.306 e. The van der Waals surface area contributed by atoms with Crippen LogP contribution in [0.2, 0.25) is 0 Å². The number of carbonyl (C=O) groups is 1. The summed E-state index contributed by atoms with van der Waals surface area (Å²) in [6.07, 6.45) is 37.8. The number of hydrogen-bond acceptors (Lipinski definition) is 5. The molecule has 1 aromatic rings. The molecule has 0 spiro atoms. The molecule has 0 amide bonds. The predicted octanol–water partition coefficient (Wildman–Crippen LogP) is 15.6. The van der Waals surface area contributed by atoms with E-state index in [2.05, 4.69) is 40.7 Å². The van der Waals surface area contributed by atoms with Crippen molar-refractivity contribution in [2.45, 2.75) is 246 Å². The first-order valence-corrected chi connectivity index (χ1v) is 24.6. The zero-order chi connectivity index (χ0) is 39.5. The number of carbonyl (C=O) groups excluding carboxylic acids is 1.